The second kappa shape index (κ2) is 9.92. The van der Waals surface area contributed by atoms with Crippen molar-refractivity contribution in [1.82, 2.24) is 0 Å². The standard InChI is InChI=1S/C33H40Si/c1-23(2)27-13-9-16-30(20-27)34(33-19-8-12-26(33)7,31-17-10-14-28(21-31)24(3)4)32-18-11-15-29(22-32)25(5)6/h8-25,33H,1-7H3. The molecule has 1 aliphatic rings. The van der Waals surface area contributed by atoms with Gasteiger partial charge in [-0.1, -0.05) is 138 Å². The lowest BCUT2D eigenvalue weighted by molar-refractivity contribution is 0.866. The fraction of sp³-hybridized carbons (Fsp3) is 0.333. The molecule has 3 aromatic rings. The number of rotatable bonds is 7. The van der Waals surface area contributed by atoms with Crippen LogP contribution in [0.5, 0.6) is 0 Å². The summed E-state index contributed by atoms with van der Waals surface area (Å²) < 4.78 is 0. The maximum absolute atomic E-state index is 2.53. The van der Waals surface area contributed by atoms with Crippen molar-refractivity contribution in [2.24, 2.45) is 0 Å². The molecule has 0 heterocycles. The molecule has 3 aromatic carbocycles. The highest BCUT2D eigenvalue weighted by Crippen LogP contribution is 2.36. The minimum Gasteiger partial charge on any atom is -0.0791 e. The molecule has 0 bridgehead atoms. The van der Waals surface area contributed by atoms with E-state index in [0.29, 0.717) is 23.3 Å². The lowest BCUT2D eigenvalue weighted by Crippen LogP contribution is -2.69. The third-order valence-electron chi connectivity index (χ3n) is 7.65. The van der Waals surface area contributed by atoms with Crippen molar-refractivity contribution >= 4 is 23.6 Å². The van der Waals surface area contributed by atoms with Crippen molar-refractivity contribution < 1.29 is 0 Å². The molecular weight excluding hydrogens is 424 g/mol. The average molecular weight is 465 g/mol. The van der Waals surface area contributed by atoms with E-state index >= 15 is 0 Å². The van der Waals surface area contributed by atoms with Gasteiger partial charge in [0.15, 0.2) is 8.07 Å². The highest BCUT2D eigenvalue weighted by atomic mass is 28.3. The van der Waals surface area contributed by atoms with Crippen LogP contribution in [0.2, 0.25) is 5.54 Å². The van der Waals surface area contributed by atoms with Crippen molar-refractivity contribution in [3.8, 4) is 0 Å². The molecule has 0 saturated heterocycles. The van der Waals surface area contributed by atoms with Crippen LogP contribution in [0.15, 0.2) is 96.6 Å². The molecule has 176 valence electrons. The minimum atomic E-state index is -2.44. The summed E-state index contributed by atoms with van der Waals surface area (Å²) in [7, 11) is -2.44. The topological polar surface area (TPSA) is 0 Å². The summed E-state index contributed by atoms with van der Waals surface area (Å²) in [6.07, 6.45) is 7.09. The summed E-state index contributed by atoms with van der Waals surface area (Å²) in [6.45, 7) is 16.2. The molecular formula is C33H40Si. The van der Waals surface area contributed by atoms with E-state index in [2.05, 4.69) is 139 Å². The van der Waals surface area contributed by atoms with Gasteiger partial charge >= 0.3 is 0 Å². The third kappa shape index (κ3) is 4.39. The van der Waals surface area contributed by atoms with Gasteiger partial charge in [0.05, 0.1) is 0 Å². The molecule has 0 saturated carbocycles. The number of allylic oxidation sites excluding steroid dienone is 4. The van der Waals surface area contributed by atoms with Crippen LogP contribution in [0.3, 0.4) is 0 Å². The van der Waals surface area contributed by atoms with E-state index in [1.54, 1.807) is 0 Å². The Hall–Kier alpha value is -2.64. The van der Waals surface area contributed by atoms with Crippen LogP contribution < -0.4 is 15.6 Å². The molecule has 0 spiro atoms. The van der Waals surface area contributed by atoms with Crippen LogP contribution in [0, 0.1) is 0 Å². The predicted molar refractivity (Wildman–Crippen MR) is 153 cm³/mol. The summed E-state index contributed by atoms with van der Waals surface area (Å²) in [5.74, 6) is 1.52. The van der Waals surface area contributed by atoms with Crippen molar-refractivity contribution in [2.45, 2.75) is 71.8 Å². The molecule has 0 radical (unpaired) electrons. The van der Waals surface area contributed by atoms with E-state index < -0.39 is 8.07 Å². The molecule has 0 N–H and O–H groups in total. The van der Waals surface area contributed by atoms with Gasteiger partial charge in [-0.25, -0.2) is 0 Å². The maximum Gasteiger partial charge on any atom is 0.158 e. The van der Waals surface area contributed by atoms with Crippen LogP contribution in [-0.2, 0) is 0 Å². The molecule has 1 atom stereocenters. The van der Waals surface area contributed by atoms with E-state index in [1.807, 2.05) is 0 Å². The van der Waals surface area contributed by atoms with Gasteiger partial charge in [0, 0.05) is 5.54 Å². The normalized spacial score (nSPS) is 16.1. The first-order valence-corrected chi connectivity index (χ1v) is 15.0. The van der Waals surface area contributed by atoms with Crippen LogP contribution in [-0.4, -0.2) is 8.07 Å². The lowest BCUT2D eigenvalue weighted by atomic mass is 10.0. The predicted octanol–water partition coefficient (Wildman–Crippen LogP) is 7.41. The smallest absolute Gasteiger partial charge is 0.0791 e. The molecule has 0 aromatic heterocycles. The molecule has 34 heavy (non-hydrogen) atoms. The molecule has 0 nitrogen and oxygen atoms in total. The van der Waals surface area contributed by atoms with Gasteiger partial charge in [-0.05, 0) is 56.9 Å². The second-order valence-electron chi connectivity index (χ2n) is 10.9. The fourth-order valence-electron chi connectivity index (χ4n) is 5.53. The Morgan fingerprint density at radius 1 is 0.588 bits per heavy atom. The lowest BCUT2D eigenvalue weighted by Gasteiger charge is -2.40. The monoisotopic (exact) mass is 464 g/mol. The van der Waals surface area contributed by atoms with Crippen molar-refractivity contribution in [3.63, 3.8) is 0 Å². The summed E-state index contributed by atoms with van der Waals surface area (Å²) in [4.78, 5) is 0. The van der Waals surface area contributed by atoms with Gasteiger partial charge in [0.2, 0.25) is 0 Å². The number of hydrogen-bond acceptors (Lipinski definition) is 0. The van der Waals surface area contributed by atoms with E-state index in [9.17, 15) is 0 Å². The Labute approximate surface area is 208 Å². The molecule has 0 aliphatic heterocycles. The largest absolute Gasteiger partial charge is 0.158 e. The Bertz CT molecular complexity index is 1080. The van der Waals surface area contributed by atoms with Crippen LogP contribution >= 0.6 is 0 Å². The third-order valence-corrected chi connectivity index (χ3v) is 12.9. The summed E-state index contributed by atoms with van der Waals surface area (Å²) in [6, 6.07) is 28.6. The zero-order valence-electron chi connectivity index (χ0n) is 22.0. The van der Waals surface area contributed by atoms with Gasteiger partial charge in [-0.2, -0.15) is 0 Å². The SMILES string of the molecule is CC1=CC=CC1[Si](c1cccc(C(C)C)c1)(c1cccc(C(C)C)c1)c1cccc(C(C)C)c1. The van der Waals surface area contributed by atoms with Gasteiger partial charge in [0.25, 0.3) is 0 Å². The molecule has 1 aliphatic carbocycles. The molecule has 1 unspecified atom stereocenters. The van der Waals surface area contributed by atoms with E-state index in [1.165, 1.54) is 37.8 Å². The van der Waals surface area contributed by atoms with E-state index in [-0.39, 0.29) is 0 Å². The quantitative estimate of drug-likeness (QED) is 0.252. The van der Waals surface area contributed by atoms with Gasteiger partial charge in [-0.3, -0.25) is 0 Å². The fourth-order valence-corrected chi connectivity index (χ4v) is 11.0. The van der Waals surface area contributed by atoms with Crippen molar-refractivity contribution in [1.29, 1.82) is 0 Å². The highest BCUT2D eigenvalue weighted by Gasteiger charge is 2.47. The molecule has 4 rings (SSSR count). The van der Waals surface area contributed by atoms with Crippen LogP contribution in [0.25, 0.3) is 0 Å². The van der Waals surface area contributed by atoms with Crippen molar-refractivity contribution in [3.05, 3.63) is 113 Å². The van der Waals surface area contributed by atoms with Gasteiger partial charge < -0.3 is 0 Å². The second-order valence-corrected chi connectivity index (χ2v) is 14.9. The first kappa shape index (κ1) is 24.5. The minimum absolute atomic E-state index is 0.403. The first-order chi connectivity index (χ1) is 16.2. The van der Waals surface area contributed by atoms with E-state index in [4.69, 9.17) is 0 Å². The summed E-state index contributed by atoms with van der Waals surface area (Å²) in [5, 5.41) is 4.56. The Morgan fingerprint density at radius 3 is 1.26 bits per heavy atom. The van der Waals surface area contributed by atoms with Crippen molar-refractivity contribution in [2.75, 3.05) is 0 Å². The molecule has 0 fully saturated rings. The number of hydrogen-bond donors (Lipinski definition) is 0. The molecule has 1 heteroatoms. The van der Waals surface area contributed by atoms with Gasteiger partial charge in [0.1, 0.15) is 0 Å². The zero-order valence-corrected chi connectivity index (χ0v) is 23.0. The van der Waals surface area contributed by atoms with Crippen LogP contribution in [0.4, 0.5) is 0 Å². The van der Waals surface area contributed by atoms with Gasteiger partial charge in [-0.15, -0.1) is 0 Å². The molecule has 0 amide bonds. The Kier molecular flexibility index (Phi) is 7.14. The maximum atomic E-state index is 2.53. The first-order valence-electron chi connectivity index (χ1n) is 12.9. The highest BCUT2D eigenvalue weighted by molar-refractivity contribution is 7.13. The summed E-state index contributed by atoms with van der Waals surface area (Å²) in [5.41, 5.74) is 6.17. The zero-order chi connectivity index (χ0) is 24.5. The number of benzene rings is 3. The van der Waals surface area contributed by atoms with Crippen LogP contribution in [0.1, 0.15) is 82.9 Å². The Morgan fingerprint density at radius 2 is 0.971 bits per heavy atom. The average Bonchev–Trinajstić information content (AvgIpc) is 3.26. The Balaban J connectivity index is 2.13. The van der Waals surface area contributed by atoms with E-state index in [0.717, 1.165) is 0 Å². The summed E-state index contributed by atoms with van der Waals surface area (Å²) >= 11 is 0.